The quantitative estimate of drug-likeness (QED) is 0.674. The van der Waals surface area contributed by atoms with Crippen LogP contribution in [0.1, 0.15) is 24.8 Å². The number of aryl methyl sites for hydroxylation is 1. The molecule has 1 aromatic rings. The van der Waals surface area contributed by atoms with Gasteiger partial charge in [0.25, 0.3) is 0 Å². The van der Waals surface area contributed by atoms with Crippen LogP contribution in [0.2, 0.25) is 0 Å². The van der Waals surface area contributed by atoms with Crippen LogP contribution in [0.15, 0.2) is 4.79 Å². The highest BCUT2D eigenvalue weighted by atomic mass is 16.5. The fraction of sp³-hybridized carbons (Fsp3) is 0.625. The van der Waals surface area contributed by atoms with Crippen LogP contribution in [0.5, 0.6) is 0 Å². The Morgan fingerprint density at radius 1 is 1.64 bits per heavy atom. The largest absolute Gasteiger partial charge is 0.382 e. The number of nitrogens with two attached hydrogens (primary N) is 1. The van der Waals surface area contributed by atoms with Crippen LogP contribution in [0, 0.1) is 6.92 Å². The minimum atomic E-state index is -0.444. The van der Waals surface area contributed by atoms with Gasteiger partial charge in [-0.1, -0.05) is 0 Å². The zero-order valence-corrected chi connectivity index (χ0v) is 7.93. The van der Waals surface area contributed by atoms with E-state index in [1.807, 2.05) is 0 Å². The van der Waals surface area contributed by atoms with E-state index in [0.29, 0.717) is 12.3 Å². The first-order chi connectivity index (χ1) is 6.68. The lowest BCUT2D eigenvalue weighted by Crippen LogP contribution is -2.30. The molecule has 0 spiro atoms. The first kappa shape index (κ1) is 9.14. The Bertz CT molecular complexity index is 395. The maximum atomic E-state index is 11.4. The van der Waals surface area contributed by atoms with Crippen molar-refractivity contribution in [2.75, 3.05) is 12.3 Å². The highest BCUT2D eigenvalue weighted by molar-refractivity contribution is 5.30. The minimum Gasteiger partial charge on any atom is -0.382 e. The van der Waals surface area contributed by atoms with E-state index in [0.717, 1.165) is 12.8 Å². The average Bonchev–Trinajstić information content (AvgIpc) is 2.64. The molecule has 0 saturated carbocycles. The van der Waals surface area contributed by atoms with Gasteiger partial charge in [-0.05, 0) is 19.8 Å². The lowest BCUT2D eigenvalue weighted by atomic mass is 10.3. The second kappa shape index (κ2) is 3.38. The SMILES string of the molecule is Cc1nn([C@H]2CCCO2)c(=O)nc1N. The molecule has 6 heteroatoms. The summed E-state index contributed by atoms with van der Waals surface area (Å²) in [6.07, 6.45) is 1.48. The van der Waals surface area contributed by atoms with E-state index in [1.165, 1.54) is 4.68 Å². The van der Waals surface area contributed by atoms with Crippen molar-refractivity contribution in [3.05, 3.63) is 16.2 Å². The summed E-state index contributed by atoms with van der Waals surface area (Å²) in [5, 5.41) is 4.05. The Kier molecular flexibility index (Phi) is 2.20. The van der Waals surface area contributed by atoms with Gasteiger partial charge in [-0.2, -0.15) is 14.8 Å². The summed E-state index contributed by atoms with van der Waals surface area (Å²) in [6, 6.07) is 0. The summed E-state index contributed by atoms with van der Waals surface area (Å²) >= 11 is 0. The van der Waals surface area contributed by atoms with Crippen molar-refractivity contribution in [2.24, 2.45) is 0 Å². The summed E-state index contributed by atoms with van der Waals surface area (Å²) in [5.74, 6) is 0.184. The summed E-state index contributed by atoms with van der Waals surface area (Å²) in [5.41, 5.74) is 5.57. The van der Waals surface area contributed by atoms with Crippen molar-refractivity contribution in [1.29, 1.82) is 0 Å². The monoisotopic (exact) mass is 196 g/mol. The van der Waals surface area contributed by atoms with Crippen molar-refractivity contribution >= 4 is 5.82 Å². The number of aromatic nitrogens is 3. The third-order valence-electron chi connectivity index (χ3n) is 2.22. The molecule has 1 atom stereocenters. The first-order valence-corrected chi connectivity index (χ1v) is 4.53. The van der Waals surface area contributed by atoms with Crippen molar-refractivity contribution in [3.8, 4) is 0 Å². The van der Waals surface area contributed by atoms with Gasteiger partial charge in [0.15, 0.2) is 12.0 Å². The maximum Gasteiger partial charge on any atom is 0.368 e. The Labute approximate surface area is 80.7 Å². The number of nitrogen functional groups attached to an aromatic ring is 1. The molecule has 1 fully saturated rings. The molecule has 0 aromatic carbocycles. The van der Waals surface area contributed by atoms with Crippen molar-refractivity contribution in [3.63, 3.8) is 0 Å². The molecule has 0 radical (unpaired) electrons. The fourth-order valence-corrected chi connectivity index (χ4v) is 1.43. The van der Waals surface area contributed by atoms with E-state index in [9.17, 15) is 4.79 Å². The maximum absolute atomic E-state index is 11.4. The first-order valence-electron chi connectivity index (χ1n) is 4.53. The Hall–Kier alpha value is -1.43. The average molecular weight is 196 g/mol. The molecule has 2 rings (SSSR count). The summed E-state index contributed by atoms with van der Waals surface area (Å²) in [7, 11) is 0. The van der Waals surface area contributed by atoms with E-state index in [1.54, 1.807) is 6.92 Å². The minimum absolute atomic E-state index is 0.184. The topological polar surface area (TPSA) is 83.0 Å². The highest BCUT2D eigenvalue weighted by Crippen LogP contribution is 2.20. The lowest BCUT2D eigenvalue weighted by Gasteiger charge is -2.11. The van der Waals surface area contributed by atoms with Crippen LogP contribution < -0.4 is 11.4 Å². The van der Waals surface area contributed by atoms with Crippen LogP contribution in [-0.4, -0.2) is 21.4 Å². The normalized spacial score (nSPS) is 21.4. The molecular weight excluding hydrogens is 184 g/mol. The van der Waals surface area contributed by atoms with E-state index in [2.05, 4.69) is 10.1 Å². The molecule has 2 heterocycles. The summed E-state index contributed by atoms with van der Waals surface area (Å²) in [6.45, 7) is 2.38. The van der Waals surface area contributed by atoms with Gasteiger partial charge in [-0.3, -0.25) is 0 Å². The standard InChI is InChI=1S/C8H12N4O2/c1-5-7(9)10-8(13)12(11-5)6-3-2-4-14-6/h6H,2-4H2,1H3,(H2,9,10,13)/t6-/m1/s1. The van der Waals surface area contributed by atoms with E-state index < -0.39 is 5.69 Å². The van der Waals surface area contributed by atoms with Gasteiger partial charge < -0.3 is 10.5 Å². The van der Waals surface area contributed by atoms with Gasteiger partial charge in [0.1, 0.15) is 5.69 Å². The van der Waals surface area contributed by atoms with Gasteiger partial charge in [-0.15, -0.1) is 0 Å². The fourth-order valence-electron chi connectivity index (χ4n) is 1.43. The molecule has 1 aliphatic rings. The van der Waals surface area contributed by atoms with Gasteiger partial charge in [0, 0.05) is 6.61 Å². The Morgan fingerprint density at radius 3 is 3.07 bits per heavy atom. The lowest BCUT2D eigenvalue weighted by molar-refractivity contribution is 0.0411. The van der Waals surface area contributed by atoms with Gasteiger partial charge in [0.2, 0.25) is 0 Å². The van der Waals surface area contributed by atoms with E-state index in [4.69, 9.17) is 10.5 Å². The molecule has 2 N–H and O–H groups in total. The van der Waals surface area contributed by atoms with Gasteiger partial charge >= 0.3 is 5.69 Å². The molecule has 0 bridgehead atoms. The van der Waals surface area contributed by atoms with Crippen molar-refractivity contribution < 1.29 is 4.74 Å². The van der Waals surface area contributed by atoms with Crippen molar-refractivity contribution in [1.82, 2.24) is 14.8 Å². The zero-order chi connectivity index (χ0) is 10.1. The van der Waals surface area contributed by atoms with E-state index >= 15 is 0 Å². The number of rotatable bonds is 1. The number of hydrogen-bond acceptors (Lipinski definition) is 5. The Balaban J connectivity index is 2.42. The molecular formula is C8H12N4O2. The molecule has 14 heavy (non-hydrogen) atoms. The van der Waals surface area contributed by atoms with E-state index in [-0.39, 0.29) is 12.0 Å². The predicted octanol–water partition coefficient (Wildman–Crippen LogP) is -0.162. The molecule has 1 aromatic heterocycles. The van der Waals surface area contributed by atoms with Crippen LogP contribution in [0.4, 0.5) is 5.82 Å². The van der Waals surface area contributed by atoms with Gasteiger partial charge in [0.05, 0.1) is 0 Å². The molecule has 6 nitrogen and oxygen atoms in total. The van der Waals surface area contributed by atoms with Crippen LogP contribution >= 0.6 is 0 Å². The predicted molar refractivity (Wildman–Crippen MR) is 49.7 cm³/mol. The molecule has 0 amide bonds. The summed E-state index contributed by atoms with van der Waals surface area (Å²) < 4.78 is 6.60. The third-order valence-corrected chi connectivity index (χ3v) is 2.22. The molecule has 1 saturated heterocycles. The molecule has 76 valence electrons. The Morgan fingerprint density at radius 2 is 2.43 bits per heavy atom. The number of ether oxygens (including phenoxy) is 1. The third kappa shape index (κ3) is 1.48. The van der Waals surface area contributed by atoms with Gasteiger partial charge in [-0.25, -0.2) is 4.79 Å². The second-order valence-electron chi connectivity index (χ2n) is 3.28. The number of nitrogens with zero attached hydrogens (tertiary/aromatic N) is 3. The second-order valence-corrected chi connectivity index (χ2v) is 3.28. The number of hydrogen-bond donors (Lipinski definition) is 1. The zero-order valence-electron chi connectivity index (χ0n) is 7.93. The van der Waals surface area contributed by atoms with Crippen LogP contribution in [0.3, 0.4) is 0 Å². The summed E-state index contributed by atoms with van der Waals surface area (Å²) in [4.78, 5) is 15.1. The molecule has 0 unspecified atom stereocenters. The highest BCUT2D eigenvalue weighted by Gasteiger charge is 2.20. The van der Waals surface area contributed by atoms with Crippen LogP contribution in [-0.2, 0) is 4.74 Å². The molecule has 0 aliphatic carbocycles. The number of anilines is 1. The smallest absolute Gasteiger partial charge is 0.368 e. The van der Waals surface area contributed by atoms with Crippen molar-refractivity contribution in [2.45, 2.75) is 26.0 Å². The van der Waals surface area contributed by atoms with Crippen LogP contribution in [0.25, 0.3) is 0 Å². The molecule has 1 aliphatic heterocycles.